The van der Waals surface area contributed by atoms with Crippen LogP contribution in [-0.4, -0.2) is 22.1 Å². The monoisotopic (exact) mass is 271 g/mol. The molecule has 0 unspecified atom stereocenters. The summed E-state index contributed by atoms with van der Waals surface area (Å²) in [5.41, 5.74) is 8.15. The lowest BCUT2D eigenvalue weighted by Crippen LogP contribution is -2.32. The van der Waals surface area contributed by atoms with Gasteiger partial charge in [-0.05, 0) is 17.5 Å². The average Bonchev–Trinajstić information content (AvgIpc) is 2.97. The Kier molecular flexibility index (Phi) is 5.17. The molecule has 0 aliphatic carbocycles. The molecule has 0 radical (unpaired) electrons. The summed E-state index contributed by atoms with van der Waals surface area (Å²) in [4.78, 5) is 8.34. The molecule has 0 aliphatic heterocycles. The number of hydrogen-bond donors (Lipinski definition) is 2. The first-order valence-electron chi connectivity index (χ1n) is 6.85. The normalized spacial score (nSPS) is 11.6. The maximum atomic E-state index is 5.76. The highest BCUT2D eigenvalue weighted by Gasteiger charge is 1.96. The summed E-state index contributed by atoms with van der Waals surface area (Å²) in [6.07, 6.45) is 6.60. The van der Waals surface area contributed by atoms with Gasteiger partial charge in [0.05, 0.1) is 12.9 Å². The predicted molar refractivity (Wildman–Crippen MR) is 81.4 cm³/mol. The van der Waals surface area contributed by atoms with Crippen molar-refractivity contribution in [2.75, 3.05) is 6.54 Å². The molecule has 0 bridgehead atoms. The molecule has 20 heavy (non-hydrogen) atoms. The molecular formula is C15H21N5. The van der Waals surface area contributed by atoms with Gasteiger partial charge in [-0.3, -0.25) is 0 Å². The summed E-state index contributed by atoms with van der Waals surface area (Å²) in [7, 11) is 0. The van der Waals surface area contributed by atoms with Crippen LogP contribution in [0.2, 0.25) is 0 Å². The number of guanidine groups is 1. The SMILES string of the molecule is CCCNC(N)=NCc1ccc(Cn2ccnc2)cc1. The summed E-state index contributed by atoms with van der Waals surface area (Å²) in [6, 6.07) is 8.40. The van der Waals surface area contributed by atoms with Crippen LogP contribution in [0.15, 0.2) is 48.0 Å². The van der Waals surface area contributed by atoms with Crippen LogP contribution in [0.5, 0.6) is 0 Å². The molecular weight excluding hydrogens is 250 g/mol. The lowest BCUT2D eigenvalue weighted by Gasteiger charge is -2.05. The zero-order valence-electron chi connectivity index (χ0n) is 11.8. The fraction of sp³-hybridized carbons (Fsp3) is 0.333. The Hall–Kier alpha value is -2.30. The Morgan fingerprint density at radius 1 is 1.30 bits per heavy atom. The van der Waals surface area contributed by atoms with E-state index in [-0.39, 0.29) is 0 Å². The summed E-state index contributed by atoms with van der Waals surface area (Å²) < 4.78 is 2.04. The quantitative estimate of drug-likeness (QED) is 0.621. The number of nitrogens with zero attached hydrogens (tertiary/aromatic N) is 3. The van der Waals surface area contributed by atoms with Gasteiger partial charge in [0, 0.05) is 25.5 Å². The van der Waals surface area contributed by atoms with Crippen molar-refractivity contribution < 1.29 is 0 Å². The minimum atomic E-state index is 0.509. The number of aromatic nitrogens is 2. The third kappa shape index (κ3) is 4.42. The second kappa shape index (κ2) is 7.33. The Labute approximate surface area is 119 Å². The molecule has 1 heterocycles. The Morgan fingerprint density at radius 2 is 2.05 bits per heavy atom. The second-order valence-corrected chi connectivity index (χ2v) is 4.68. The number of benzene rings is 1. The summed E-state index contributed by atoms with van der Waals surface area (Å²) >= 11 is 0. The molecule has 0 fully saturated rings. The second-order valence-electron chi connectivity index (χ2n) is 4.68. The van der Waals surface area contributed by atoms with Crippen molar-refractivity contribution in [1.82, 2.24) is 14.9 Å². The van der Waals surface area contributed by atoms with Crippen LogP contribution >= 0.6 is 0 Å². The zero-order valence-corrected chi connectivity index (χ0v) is 11.8. The first-order valence-corrected chi connectivity index (χ1v) is 6.85. The number of hydrogen-bond acceptors (Lipinski definition) is 2. The molecule has 1 aromatic heterocycles. The third-order valence-corrected chi connectivity index (χ3v) is 2.94. The predicted octanol–water partition coefficient (Wildman–Crippen LogP) is 1.75. The molecule has 1 aromatic carbocycles. The van der Waals surface area contributed by atoms with E-state index in [2.05, 4.69) is 46.5 Å². The molecule has 0 amide bonds. The first-order chi connectivity index (χ1) is 9.78. The number of nitrogens with two attached hydrogens (primary N) is 1. The summed E-state index contributed by atoms with van der Waals surface area (Å²) in [5, 5.41) is 3.06. The lowest BCUT2D eigenvalue weighted by molar-refractivity contribution is 0.796. The van der Waals surface area contributed by atoms with Crippen LogP contribution < -0.4 is 11.1 Å². The number of aliphatic imine (C=N–C) groups is 1. The Morgan fingerprint density at radius 3 is 2.70 bits per heavy atom. The topological polar surface area (TPSA) is 68.2 Å². The van der Waals surface area contributed by atoms with Gasteiger partial charge in [0.2, 0.25) is 0 Å². The van der Waals surface area contributed by atoms with E-state index in [1.807, 2.05) is 17.1 Å². The van der Waals surface area contributed by atoms with E-state index in [1.165, 1.54) is 5.56 Å². The van der Waals surface area contributed by atoms with Gasteiger partial charge >= 0.3 is 0 Å². The molecule has 5 heteroatoms. The van der Waals surface area contributed by atoms with Crippen molar-refractivity contribution in [3.63, 3.8) is 0 Å². The molecule has 0 saturated heterocycles. The third-order valence-electron chi connectivity index (χ3n) is 2.94. The van der Waals surface area contributed by atoms with Gasteiger partial charge in [-0.25, -0.2) is 9.98 Å². The Bertz CT molecular complexity index is 528. The van der Waals surface area contributed by atoms with E-state index in [1.54, 1.807) is 6.20 Å². The molecule has 0 saturated carbocycles. The van der Waals surface area contributed by atoms with Crippen molar-refractivity contribution in [3.05, 3.63) is 54.1 Å². The van der Waals surface area contributed by atoms with Crippen LogP contribution in [0, 0.1) is 0 Å². The van der Waals surface area contributed by atoms with Gasteiger partial charge in [-0.15, -0.1) is 0 Å². The smallest absolute Gasteiger partial charge is 0.188 e. The van der Waals surface area contributed by atoms with Crippen LogP contribution in [0.4, 0.5) is 0 Å². The van der Waals surface area contributed by atoms with Gasteiger partial charge in [0.15, 0.2) is 5.96 Å². The molecule has 0 aliphatic rings. The van der Waals surface area contributed by atoms with Crippen LogP contribution in [0.3, 0.4) is 0 Å². The molecule has 2 aromatic rings. The van der Waals surface area contributed by atoms with Gasteiger partial charge in [0.25, 0.3) is 0 Å². The van der Waals surface area contributed by atoms with E-state index in [0.717, 1.165) is 25.1 Å². The number of nitrogens with one attached hydrogen (secondary N) is 1. The van der Waals surface area contributed by atoms with E-state index < -0.39 is 0 Å². The molecule has 0 spiro atoms. The summed E-state index contributed by atoms with van der Waals surface area (Å²) in [6.45, 7) is 4.40. The fourth-order valence-electron chi connectivity index (χ4n) is 1.83. The molecule has 5 nitrogen and oxygen atoms in total. The molecule has 0 atom stereocenters. The maximum Gasteiger partial charge on any atom is 0.188 e. The van der Waals surface area contributed by atoms with Crippen molar-refractivity contribution in [1.29, 1.82) is 0 Å². The highest BCUT2D eigenvalue weighted by Crippen LogP contribution is 2.07. The van der Waals surface area contributed by atoms with Crippen molar-refractivity contribution in [3.8, 4) is 0 Å². The van der Waals surface area contributed by atoms with E-state index in [4.69, 9.17) is 5.73 Å². The van der Waals surface area contributed by atoms with Gasteiger partial charge in [-0.2, -0.15) is 0 Å². The van der Waals surface area contributed by atoms with E-state index >= 15 is 0 Å². The molecule has 3 N–H and O–H groups in total. The zero-order chi connectivity index (χ0) is 14.2. The highest BCUT2D eigenvalue weighted by atomic mass is 15.1. The van der Waals surface area contributed by atoms with Crippen molar-refractivity contribution in [2.45, 2.75) is 26.4 Å². The summed E-state index contributed by atoms with van der Waals surface area (Å²) in [5.74, 6) is 0.509. The van der Waals surface area contributed by atoms with E-state index in [9.17, 15) is 0 Å². The van der Waals surface area contributed by atoms with E-state index in [0.29, 0.717) is 12.5 Å². The van der Waals surface area contributed by atoms with Crippen molar-refractivity contribution in [2.24, 2.45) is 10.7 Å². The average molecular weight is 271 g/mol. The van der Waals surface area contributed by atoms with Gasteiger partial charge in [-0.1, -0.05) is 31.2 Å². The number of rotatable bonds is 6. The first kappa shape index (κ1) is 14.1. The van der Waals surface area contributed by atoms with Crippen LogP contribution in [-0.2, 0) is 13.1 Å². The van der Waals surface area contributed by atoms with Crippen LogP contribution in [0.25, 0.3) is 0 Å². The van der Waals surface area contributed by atoms with Gasteiger partial charge < -0.3 is 15.6 Å². The lowest BCUT2D eigenvalue weighted by atomic mass is 10.1. The highest BCUT2D eigenvalue weighted by molar-refractivity contribution is 5.77. The van der Waals surface area contributed by atoms with Crippen molar-refractivity contribution >= 4 is 5.96 Å². The Balaban J connectivity index is 1.88. The molecule has 2 rings (SSSR count). The standard InChI is InChI=1S/C15H21N5/c1-2-7-18-15(16)19-10-13-3-5-14(6-4-13)11-20-9-8-17-12-20/h3-6,8-9,12H,2,7,10-11H2,1H3,(H3,16,18,19). The number of imidazole rings is 1. The fourth-order valence-corrected chi connectivity index (χ4v) is 1.83. The molecule has 106 valence electrons. The maximum absolute atomic E-state index is 5.76. The largest absolute Gasteiger partial charge is 0.370 e. The minimum absolute atomic E-state index is 0.509. The van der Waals surface area contributed by atoms with Gasteiger partial charge in [0.1, 0.15) is 0 Å². The minimum Gasteiger partial charge on any atom is -0.370 e. The van der Waals surface area contributed by atoms with Crippen LogP contribution in [0.1, 0.15) is 24.5 Å².